The van der Waals surface area contributed by atoms with Crippen molar-refractivity contribution in [2.75, 3.05) is 13.7 Å². The number of pyridine rings is 1. The lowest BCUT2D eigenvalue weighted by Crippen LogP contribution is -2.06. The lowest BCUT2D eigenvalue weighted by atomic mass is 10.1. The first-order valence-electron chi connectivity index (χ1n) is 9.19. The van der Waals surface area contributed by atoms with Crippen LogP contribution in [0.5, 0.6) is 17.2 Å². The van der Waals surface area contributed by atoms with Gasteiger partial charge in [-0.2, -0.15) is 0 Å². The number of nitro groups is 1. The predicted octanol–water partition coefficient (Wildman–Crippen LogP) is 4.65. The Hall–Kier alpha value is -3.94. The molecule has 0 N–H and O–H groups in total. The fraction of sp³-hybridized carbons (Fsp3) is 0.182. The van der Waals surface area contributed by atoms with Crippen LogP contribution >= 0.6 is 0 Å². The molecular weight excluding hydrogens is 388 g/mol. The SMILES string of the molecule is CCOc1c(OC(C)=O)ccc(/C=C/c2ccc3cccc(OC)c3n2)c1[N+](=O)[O-]. The average molecular weight is 408 g/mol. The second kappa shape index (κ2) is 9.04. The zero-order valence-electron chi connectivity index (χ0n) is 16.7. The highest BCUT2D eigenvalue weighted by molar-refractivity contribution is 5.86. The van der Waals surface area contributed by atoms with Crippen LogP contribution in [0.15, 0.2) is 42.5 Å². The minimum atomic E-state index is -0.595. The summed E-state index contributed by atoms with van der Waals surface area (Å²) < 4.78 is 15.8. The highest BCUT2D eigenvalue weighted by Crippen LogP contribution is 2.40. The van der Waals surface area contributed by atoms with Gasteiger partial charge in [0.25, 0.3) is 0 Å². The molecular formula is C22H20N2O6. The van der Waals surface area contributed by atoms with E-state index in [4.69, 9.17) is 14.2 Å². The number of para-hydroxylation sites is 1. The Bertz CT molecular complexity index is 1140. The van der Waals surface area contributed by atoms with Crippen molar-refractivity contribution in [3.8, 4) is 17.2 Å². The average Bonchev–Trinajstić information content (AvgIpc) is 2.72. The van der Waals surface area contributed by atoms with Crippen LogP contribution in [0.2, 0.25) is 0 Å². The second-order valence-corrected chi connectivity index (χ2v) is 6.22. The van der Waals surface area contributed by atoms with Gasteiger partial charge in [-0.25, -0.2) is 4.98 Å². The highest BCUT2D eigenvalue weighted by Gasteiger charge is 2.25. The fourth-order valence-corrected chi connectivity index (χ4v) is 2.98. The Kier molecular flexibility index (Phi) is 6.26. The molecule has 0 spiro atoms. The standard InChI is InChI=1S/C22H20N2O6/c1-4-29-22-19(30-14(2)25)13-10-16(21(22)24(26)27)9-12-17-11-8-15-6-5-7-18(28-3)20(15)23-17/h5-13H,4H2,1-3H3/b12-9+. The number of nitro benzene ring substituents is 1. The molecule has 8 nitrogen and oxygen atoms in total. The zero-order chi connectivity index (χ0) is 21.7. The van der Waals surface area contributed by atoms with Gasteiger partial charge in [-0.15, -0.1) is 0 Å². The smallest absolute Gasteiger partial charge is 0.322 e. The molecule has 0 saturated carbocycles. The van der Waals surface area contributed by atoms with Gasteiger partial charge in [-0.05, 0) is 43.3 Å². The van der Waals surface area contributed by atoms with Crippen molar-refractivity contribution in [1.82, 2.24) is 4.98 Å². The summed E-state index contributed by atoms with van der Waals surface area (Å²) in [6, 6.07) is 12.3. The van der Waals surface area contributed by atoms with Crippen LogP contribution in [0.25, 0.3) is 23.1 Å². The van der Waals surface area contributed by atoms with Crippen molar-refractivity contribution in [3.05, 3.63) is 63.8 Å². The largest absolute Gasteiger partial charge is 0.494 e. The van der Waals surface area contributed by atoms with Crippen LogP contribution in [0, 0.1) is 10.1 Å². The molecule has 1 heterocycles. The van der Waals surface area contributed by atoms with Crippen LogP contribution in [-0.2, 0) is 4.79 Å². The molecule has 0 aliphatic carbocycles. The number of benzene rings is 2. The summed E-state index contributed by atoms with van der Waals surface area (Å²) in [7, 11) is 1.57. The van der Waals surface area contributed by atoms with E-state index in [2.05, 4.69) is 4.98 Å². The Balaban J connectivity index is 2.06. The van der Waals surface area contributed by atoms with Crippen LogP contribution in [-0.4, -0.2) is 29.6 Å². The van der Waals surface area contributed by atoms with Gasteiger partial charge in [0.1, 0.15) is 11.3 Å². The summed E-state index contributed by atoms with van der Waals surface area (Å²) in [6.07, 6.45) is 3.23. The maximum Gasteiger partial charge on any atom is 0.322 e. The van der Waals surface area contributed by atoms with Gasteiger partial charge in [0.05, 0.1) is 29.9 Å². The van der Waals surface area contributed by atoms with Gasteiger partial charge in [0, 0.05) is 12.3 Å². The molecule has 2 aromatic carbocycles. The van der Waals surface area contributed by atoms with E-state index >= 15 is 0 Å². The molecule has 0 radical (unpaired) electrons. The first-order valence-corrected chi connectivity index (χ1v) is 9.19. The van der Waals surface area contributed by atoms with Gasteiger partial charge in [-0.3, -0.25) is 14.9 Å². The number of methoxy groups -OCH3 is 1. The number of esters is 1. The van der Waals surface area contributed by atoms with Crippen molar-refractivity contribution >= 4 is 34.7 Å². The first kappa shape index (κ1) is 20.8. The molecule has 0 saturated heterocycles. The molecule has 8 heteroatoms. The molecule has 0 amide bonds. The number of rotatable bonds is 7. The summed E-state index contributed by atoms with van der Waals surface area (Å²) in [6.45, 7) is 3.08. The molecule has 154 valence electrons. The van der Waals surface area contributed by atoms with Crippen molar-refractivity contribution < 1.29 is 23.9 Å². The third kappa shape index (κ3) is 4.38. The minimum Gasteiger partial charge on any atom is -0.494 e. The summed E-state index contributed by atoms with van der Waals surface area (Å²) in [5, 5.41) is 12.7. The topological polar surface area (TPSA) is 101 Å². The van der Waals surface area contributed by atoms with Crippen molar-refractivity contribution in [1.29, 1.82) is 0 Å². The lowest BCUT2D eigenvalue weighted by molar-refractivity contribution is -0.386. The number of ether oxygens (including phenoxy) is 3. The van der Waals surface area contributed by atoms with Crippen molar-refractivity contribution in [2.24, 2.45) is 0 Å². The van der Waals surface area contributed by atoms with E-state index in [-0.39, 0.29) is 23.8 Å². The monoisotopic (exact) mass is 408 g/mol. The van der Waals surface area contributed by atoms with E-state index in [1.807, 2.05) is 24.3 Å². The Morgan fingerprint density at radius 1 is 1.13 bits per heavy atom. The van der Waals surface area contributed by atoms with Crippen LogP contribution in [0.4, 0.5) is 5.69 Å². The van der Waals surface area contributed by atoms with Gasteiger partial charge in [-0.1, -0.05) is 18.2 Å². The third-order valence-electron chi connectivity index (χ3n) is 4.21. The molecule has 30 heavy (non-hydrogen) atoms. The molecule has 0 fully saturated rings. The van der Waals surface area contributed by atoms with Gasteiger partial charge < -0.3 is 14.2 Å². The van der Waals surface area contributed by atoms with Gasteiger partial charge in [0.2, 0.25) is 5.75 Å². The van der Waals surface area contributed by atoms with Crippen molar-refractivity contribution in [2.45, 2.75) is 13.8 Å². The molecule has 0 bridgehead atoms. The number of nitrogens with zero attached hydrogens (tertiary/aromatic N) is 2. The lowest BCUT2D eigenvalue weighted by Gasteiger charge is -2.11. The van der Waals surface area contributed by atoms with E-state index in [1.54, 1.807) is 32.3 Å². The molecule has 1 aromatic heterocycles. The number of fused-ring (bicyclic) bond motifs is 1. The molecule has 3 aromatic rings. The van der Waals surface area contributed by atoms with E-state index in [0.717, 1.165) is 5.39 Å². The Morgan fingerprint density at radius 3 is 2.60 bits per heavy atom. The normalized spacial score (nSPS) is 10.9. The molecule has 0 aliphatic rings. The molecule has 3 rings (SSSR count). The summed E-state index contributed by atoms with van der Waals surface area (Å²) in [5.74, 6) is -0.0456. The Morgan fingerprint density at radius 2 is 1.93 bits per heavy atom. The van der Waals surface area contributed by atoms with E-state index < -0.39 is 10.9 Å². The van der Waals surface area contributed by atoms with Gasteiger partial charge >= 0.3 is 11.7 Å². The third-order valence-corrected chi connectivity index (χ3v) is 4.21. The molecule has 0 unspecified atom stereocenters. The number of hydrogen-bond acceptors (Lipinski definition) is 7. The first-order chi connectivity index (χ1) is 14.4. The number of carbonyl (C=O) groups excluding carboxylic acids is 1. The maximum atomic E-state index is 11.7. The Labute approximate surface area is 172 Å². The summed E-state index contributed by atoms with van der Waals surface area (Å²) in [5.41, 5.74) is 1.30. The predicted molar refractivity (Wildman–Crippen MR) is 113 cm³/mol. The number of aromatic nitrogens is 1. The second-order valence-electron chi connectivity index (χ2n) is 6.22. The maximum absolute atomic E-state index is 11.7. The summed E-state index contributed by atoms with van der Waals surface area (Å²) >= 11 is 0. The fourth-order valence-electron chi connectivity index (χ4n) is 2.98. The summed E-state index contributed by atoms with van der Waals surface area (Å²) in [4.78, 5) is 27.1. The molecule has 0 atom stereocenters. The van der Waals surface area contributed by atoms with Crippen LogP contribution in [0.1, 0.15) is 25.1 Å². The number of hydrogen-bond donors (Lipinski definition) is 0. The highest BCUT2D eigenvalue weighted by atomic mass is 16.6. The van der Waals surface area contributed by atoms with Crippen LogP contribution in [0.3, 0.4) is 0 Å². The minimum absolute atomic E-state index is 0.00164. The zero-order valence-corrected chi connectivity index (χ0v) is 16.7. The van der Waals surface area contributed by atoms with Crippen LogP contribution < -0.4 is 14.2 Å². The van der Waals surface area contributed by atoms with E-state index in [1.165, 1.54) is 19.1 Å². The van der Waals surface area contributed by atoms with E-state index in [9.17, 15) is 14.9 Å². The quantitative estimate of drug-likeness (QED) is 0.243. The van der Waals surface area contributed by atoms with E-state index in [0.29, 0.717) is 22.5 Å². The van der Waals surface area contributed by atoms with Crippen molar-refractivity contribution in [3.63, 3.8) is 0 Å². The number of carbonyl (C=O) groups is 1. The van der Waals surface area contributed by atoms with Gasteiger partial charge in [0.15, 0.2) is 5.75 Å². The molecule has 0 aliphatic heterocycles.